The second kappa shape index (κ2) is 3.46. The predicted octanol–water partition coefficient (Wildman–Crippen LogP) is 3.27. The highest BCUT2D eigenvalue weighted by Crippen LogP contribution is 2.78. The highest BCUT2D eigenvalue weighted by Gasteiger charge is 2.70. The SMILES string of the molecule is O=C(OCC12CC3CC4CC(C1)C4(C3)C2)C(F)(F)S. The summed E-state index contributed by atoms with van der Waals surface area (Å²) >= 11 is 2.98. The fourth-order valence-corrected chi connectivity index (χ4v) is 6.08. The van der Waals surface area contributed by atoms with E-state index in [0.717, 1.165) is 37.0 Å². The molecule has 0 saturated heterocycles. The van der Waals surface area contributed by atoms with Gasteiger partial charge in [-0.05, 0) is 61.7 Å². The average Bonchev–Trinajstić information content (AvgIpc) is 2.61. The third-order valence-electron chi connectivity index (χ3n) is 6.34. The lowest BCUT2D eigenvalue weighted by molar-refractivity contribution is -0.164. The molecular weight excluding hydrogens is 270 g/mol. The van der Waals surface area contributed by atoms with Gasteiger partial charge in [0, 0.05) is 5.41 Å². The molecule has 4 aliphatic rings. The summed E-state index contributed by atoms with van der Waals surface area (Å²) in [6.45, 7) is 0.170. The molecule has 0 amide bonds. The maximum Gasteiger partial charge on any atom is 0.388 e. The fraction of sp³-hybridized carbons (Fsp3) is 0.929. The van der Waals surface area contributed by atoms with Crippen LogP contribution < -0.4 is 0 Å². The van der Waals surface area contributed by atoms with Crippen LogP contribution in [0.2, 0.25) is 0 Å². The van der Waals surface area contributed by atoms with Crippen LogP contribution >= 0.6 is 12.6 Å². The van der Waals surface area contributed by atoms with Crippen molar-refractivity contribution >= 4 is 18.6 Å². The molecule has 19 heavy (non-hydrogen) atoms. The van der Waals surface area contributed by atoms with Crippen LogP contribution in [0.4, 0.5) is 8.78 Å². The van der Waals surface area contributed by atoms with E-state index in [1.165, 1.54) is 19.3 Å². The van der Waals surface area contributed by atoms with Gasteiger partial charge in [0.2, 0.25) is 0 Å². The van der Waals surface area contributed by atoms with Crippen molar-refractivity contribution in [3.8, 4) is 0 Å². The summed E-state index contributed by atoms with van der Waals surface area (Å²) in [7, 11) is 0. The molecule has 5 heteroatoms. The number of halogens is 2. The minimum atomic E-state index is -3.66. The van der Waals surface area contributed by atoms with Crippen molar-refractivity contribution in [2.75, 3.05) is 6.61 Å². The van der Waals surface area contributed by atoms with E-state index < -0.39 is 11.2 Å². The Morgan fingerprint density at radius 3 is 2.79 bits per heavy atom. The van der Waals surface area contributed by atoms with Gasteiger partial charge in [0.25, 0.3) is 0 Å². The van der Waals surface area contributed by atoms with E-state index in [2.05, 4.69) is 12.6 Å². The summed E-state index contributed by atoms with van der Waals surface area (Å²) in [4.78, 5) is 11.2. The van der Waals surface area contributed by atoms with Crippen molar-refractivity contribution in [3.05, 3.63) is 0 Å². The maximum atomic E-state index is 12.7. The average molecular weight is 288 g/mol. The van der Waals surface area contributed by atoms with Crippen LogP contribution in [0.5, 0.6) is 0 Å². The van der Waals surface area contributed by atoms with Gasteiger partial charge in [-0.25, -0.2) is 4.79 Å². The number of fused-ring (bicyclic) bond motifs is 2. The Labute approximate surface area is 116 Å². The Morgan fingerprint density at radius 2 is 2.05 bits per heavy atom. The Morgan fingerprint density at radius 1 is 1.26 bits per heavy atom. The molecule has 0 N–H and O–H groups in total. The van der Waals surface area contributed by atoms with Crippen LogP contribution in [-0.4, -0.2) is 17.8 Å². The molecule has 4 saturated carbocycles. The van der Waals surface area contributed by atoms with Gasteiger partial charge in [-0.15, -0.1) is 0 Å². The fourth-order valence-electron chi connectivity index (χ4n) is 6.01. The van der Waals surface area contributed by atoms with Crippen LogP contribution in [0.15, 0.2) is 0 Å². The first-order valence-electron chi connectivity index (χ1n) is 7.10. The van der Waals surface area contributed by atoms with Gasteiger partial charge in [-0.2, -0.15) is 8.78 Å². The maximum absolute atomic E-state index is 12.7. The van der Waals surface area contributed by atoms with Gasteiger partial charge < -0.3 is 4.74 Å². The molecule has 3 bridgehead atoms. The summed E-state index contributed by atoms with van der Waals surface area (Å²) in [6.07, 6.45) is 7.19. The number of alkyl halides is 2. The van der Waals surface area contributed by atoms with Crippen LogP contribution in [0.3, 0.4) is 0 Å². The van der Waals surface area contributed by atoms with Crippen LogP contribution in [0.1, 0.15) is 38.5 Å². The molecule has 4 aliphatic carbocycles. The Hall–Kier alpha value is -0.320. The van der Waals surface area contributed by atoms with E-state index in [-0.39, 0.29) is 12.0 Å². The first-order chi connectivity index (χ1) is 8.83. The molecule has 4 rings (SSSR count). The van der Waals surface area contributed by atoms with Crippen molar-refractivity contribution in [1.29, 1.82) is 0 Å². The molecule has 0 radical (unpaired) electrons. The monoisotopic (exact) mass is 288 g/mol. The third kappa shape index (κ3) is 1.57. The zero-order chi connectivity index (χ0) is 13.5. The van der Waals surface area contributed by atoms with E-state index in [1.807, 2.05) is 0 Å². The van der Waals surface area contributed by atoms with E-state index in [4.69, 9.17) is 4.74 Å². The lowest BCUT2D eigenvalue weighted by Crippen LogP contribution is -2.42. The molecule has 4 fully saturated rings. The van der Waals surface area contributed by atoms with E-state index >= 15 is 0 Å². The first-order valence-corrected chi connectivity index (χ1v) is 7.55. The summed E-state index contributed by atoms with van der Waals surface area (Å²) in [5, 5.41) is -3.66. The molecule has 0 heterocycles. The topological polar surface area (TPSA) is 26.3 Å². The number of ether oxygens (including phenoxy) is 1. The van der Waals surface area contributed by atoms with E-state index in [1.54, 1.807) is 0 Å². The quantitative estimate of drug-likeness (QED) is 0.637. The molecule has 0 aromatic carbocycles. The number of carbonyl (C=O) groups excluding carboxylic acids is 1. The molecule has 1 spiro atoms. The van der Waals surface area contributed by atoms with Crippen molar-refractivity contribution < 1.29 is 18.3 Å². The zero-order valence-corrected chi connectivity index (χ0v) is 11.6. The number of rotatable bonds is 3. The second-order valence-electron chi connectivity index (χ2n) is 7.37. The van der Waals surface area contributed by atoms with Gasteiger partial charge in [0.15, 0.2) is 0 Å². The first kappa shape index (κ1) is 12.4. The Kier molecular flexibility index (Phi) is 2.27. The molecule has 0 aliphatic heterocycles. The minimum Gasteiger partial charge on any atom is -0.460 e. The molecule has 2 nitrogen and oxygen atoms in total. The molecular formula is C14H18F2O2S. The number of carbonyl (C=O) groups is 1. The van der Waals surface area contributed by atoms with Gasteiger partial charge in [-0.3, -0.25) is 0 Å². The second-order valence-corrected chi connectivity index (χ2v) is 7.93. The molecule has 0 aromatic rings. The normalized spacial score (nSPS) is 49.9. The standard InChI is InChI=1S/C14H18F2O2S/c15-14(16,19)11(17)18-7-12-3-8-1-9-2-10(5-12)13(9,4-8)6-12/h8-10,19H,1-7H2. The highest BCUT2D eigenvalue weighted by molar-refractivity contribution is 7.82. The highest BCUT2D eigenvalue weighted by atomic mass is 32.1. The Balaban J connectivity index is 1.49. The number of thiol groups is 1. The van der Waals surface area contributed by atoms with E-state index in [9.17, 15) is 13.6 Å². The largest absolute Gasteiger partial charge is 0.460 e. The van der Waals surface area contributed by atoms with Gasteiger partial charge in [0.1, 0.15) is 0 Å². The van der Waals surface area contributed by atoms with Crippen molar-refractivity contribution in [3.63, 3.8) is 0 Å². The smallest absolute Gasteiger partial charge is 0.388 e. The lowest BCUT2D eigenvalue weighted by Gasteiger charge is -2.49. The van der Waals surface area contributed by atoms with Gasteiger partial charge >= 0.3 is 11.2 Å². The molecule has 5 unspecified atom stereocenters. The van der Waals surface area contributed by atoms with Crippen molar-refractivity contribution in [2.45, 2.75) is 43.8 Å². The van der Waals surface area contributed by atoms with Gasteiger partial charge in [-0.1, -0.05) is 12.6 Å². The molecule has 0 aromatic heterocycles. The van der Waals surface area contributed by atoms with Crippen LogP contribution in [0, 0.1) is 28.6 Å². The molecule has 106 valence electrons. The number of hydrogen-bond acceptors (Lipinski definition) is 3. The van der Waals surface area contributed by atoms with Crippen LogP contribution in [0.25, 0.3) is 0 Å². The summed E-state index contributed by atoms with van der Waals surface area (Å²) in [6, 6.07) is 0. The minimum absolute atomic E-state index is 0.00643. The molecule has 5 atom stereocenters. The van der Waals surface area contributed by atoms with E-state index in [0.29, 0.717) is 5.41 Å². The summed E-state index contributed by atoms with van der Waals surface area (Å²) < 4.78 is 30.4. The third-order valence-corrected chi connectivity index (χ3v) is 6.52. The zero-order valence-electron chi connectivity index (χ0n) is 10.7. The van der Waals surface area contributed by atoms with Gasteiger partial charge in [0.05, 0.1) is 6.61 Å². The van der Waals surface area contributed by atoms with Crippen molar-refractivity contribution in [2.24, 2.45) is 28.6 Å². The Bertz CT molecular complexity index is 445. The summed E-state index contributed by atoms with van der Waals surface area (Å²) in [5.41, 5.74) is 0.492. The van der Waals surface area contributed by atoms with Crippen molar-refractivity contribution in [1.82, 2.24) is 0 Å². The summed E-state index contributed by atoms with van der Waals surface area (Å²) in [5.74, 6) is 0.881. The van der Waals surface area contributed by atoms with Crippen LogP contribution in [-0.2, 0) is 9.53 Å². The number of hydrogen-bond donors (Lipinski definition) is 1. The predicted molar refractivity (Wildman–Crippen MR) is 67.9 cm³/mol. The number of esters is 1. The lowest BCUT2D eigenvalue weighted by atomic mass is 9.55.